The van der Waals surface area contributed by atoms with Gasteiger partial charge in [0.15, 0.2) is 0 Å². The van der Waals surface area contributed by atoms with Gasteiger partial charge in [-0.3, -0.25) is 19.3 Å². The summed E-state index contributed by atoms with van der Waals surface area (Å²) >= 11 is 6.01. The molecule has 4 atom stereocenters. The van der Waals surface area contributed by atoms with Crippen LogP contribution in [0.5, 0.6) is 0 Å². The molecule has 2 aromatic carbocycles. The maximum absolute atomic E-state index is 12.9. The fourth-order valence-corrected chi connectivity index (χ4v) is 5.52. The first-order valence-corrected chi connectivity index (χ1v) is 10.4. The van der Waals surface area contributed by atoms with Crippen LogP contribution in [0.4, 0.5) is 11.4 Å². The minimum absolute atomic E-state index is 0.0704. The summed E-state index contributed by atoms with van der Waals surface area (Å²) in [5.41, 5.74) is 2.56. The second-order valence-corrected chi connectivity index (χ2v) is 8.79. The molecule has 0 radical (unpaired) electrons. The Kier molecular flexibility index (Phi) is 4.24. The lowest BCUT2D eigenvalue weighted by Crippen LogP contribution is -2.32. The number of amides is 3. The molecule has 1 heterocycles. The molecule has 2 bridgehead atoms. The van der Waals surface area contributed by atoms with E-state index in [1.165, 1.54) is 4.90 Å². The third-order valence-corrected chi connectivity index (χ3v) is 7.00. The zero-order chi connectivity index (χ0) is 20.3. The number of carbonyl (C=O) groups excluding carboxylic acids is 3. The number of hydrogen-bond donors (Lipinski definition) is 1. The van der Waals surface area contributed by atoms with Gasteiger partial charge in [0.2, 0.25) is 11.8 Å². The molecule has 1 N–H and O–H groups in total. The number of rotatable bonds is 3. The molecule has 148 valence electrons. The van der Waals surface area contributed by atoms with Crippen molar-refractivity contribution in [2.24, 2.45) is 23.7 Å². The Balaban J connectivity index is 1.35. The number of aryl methyl sites for hydroxylation is 1. The van der Waals surface area contributed by atoms with Gasteiger partial charge < -0.3 is 5.32 Å². The number of nitrogens with one attached hydrogen (secondary N) is 1. The van der Waals surface area contributed by atoms with E-state index in [0.29, 0.717) is 33.8 Å². The van der Waals surface area contributed by atoms with Crippen LogP contribution >= 0.6 is 11.6 Å². The summed E-state index contributed by atoms with van der Waals surface area (Å²) in [6, 6.07) is 12.0. The molecule has 2 aromatic rings. The SMILES string of the molecule is Cc1ccc(Cl)cc1NC(=O)c1ccc(N2C(=O)[C@@H]3[C@@H]4CC[C@@H](C4)[C@@H]3C2=O)cc1. The molecule has 3 amide bonds. The van der Waals surface area contributed by atoms with Crippen LogP contribution in [-0.4, -0.2) is 17.7 Å². The van der Waals surface area contributed by atoms with Gasteiger partial charge in [0, 0.05) is 16.3 Å². The Morgan fingerprint density at radius 1 is 1.00 bits per heavy atom. The van der Waals surface area contributed by atoms with Crippen molar-refractivity contribution in [3.05, 3.63) is 58.6 Å². The fourth-order valence-electron chi connectivity index (χ4n) is 5.35. The first kappa shape index (κ1) is 18.4. The summed E-state index contributed by atoms with van der Waals surface area (Å²) in [6.07, 6.45) is 3.13. The summed E-state index contributed by atoms with van der Waals surface area (Å²) in [5.74, 6) is 0.0220. The number of fused-ring (bicyclic) bond motifs is 5. The van der Waals surface area contributed by atoms with Gasteiger partial charge >= 0.3 is 0 Å². The lowest BCUT2D eigenvalue weighted by Gasteiger charge is -2.19. The summed E-state index contributed by atoms with van der Waals surface area (Å²) in [7, 11) is 0. The highest BCUT2D eigenvalue weighted by molar-refractivity contribution is 6.31. The van der Waals surface area contributed by atoms with Crippen LogP contribution in [0.1, 0.15) is 35.2 Å². The van der Waals surface area contributed by atoms with Crippen LogP contribution in [-0.2, 0) is 9.59 Å². The van der Waals surface area contributed by atoms with E-state index in [9.17, 15) is 14.4 Å². The Morgan fingerprint density at radius 2 is 1.62 bits per heavy atom. The molecule has 3 fully saturated rings. The molecular formula is C23H21ClN2O3. The van der Waals surface area contributed by atoms with Crippen molar-refractivity contribution in [1.29, 1.82) is 0 Å². The van der Waals surface area contributed by atoms with E-state index in [4.69, 9.17) is 11.6 Å². The van der Waals surface area contributed by atoms with Crippen molar-refractivity contribution in [2.45, 2.75) is 26.2 Å². The zero-order valence-electron chi connectivity index (χ0n) is 16.0. The smallest absolute Gasteiger partial charge is 0.255 e. The van der Waals surface area contributed by atoms with E-state index in [2.05, 4.69) is 5.32 Å². The Labute approximate surface area is 174 Å². The molecule has 0 aromatic heterocycles. The number of anilines is 2. The number of carbonyl (C=O) groups is 3. The van der Waals surface area contributed by atoms with Gasteiger partial charge in [0.05, 0.1) is 17.5 Å². The number of benzene rings is 2. The van der Waals surface area contributed by atoms with Crippen molar-refractivity contribution in [3.8, 4) is 0 Å². The molecule has 3 aliphatic rings. The highest BCUT2D eigenvalue weighted by Crippen LogP contribution is 2.56. The molecule has 5 nitrogen and oxygen atoms in total. The van der Waals surface area contributed by atoms with E-state index in [1.54, 1.807) is 36.4 Å². The number of nitrogens with zero attached hydrogens (tertiary/aromatic N) is 1. The topological polar surface area (TPSA) is 66.5 Å². The minimum Gasteiger partial charge on any atom is -0.322 e. The first-order chi connectivity index (χ1) is 13.9. The van der Waals surface area contributed by atoms with Crippen LogP contribution < -0.4 is 10.2 Å². The fraction of sp³-hybridized carbons (Fsp3) is 0.348. The zero-order valence-corrected chi connectivity index (χ0v) is 16.8. The van der Waals surface area contributed by atoms with Crippen molar-refractivity contribution in [3.63, 3.8) is 0 Å². The van der Waals surface area contributed by atoms with E-state index < -0.39 is 0 Å². The maximum atomic E-state index is 12.9. The van der Waals surface area contributed by atoms with Crippen LogP contribution in [0.2, 0.25) is 5.02 Å². The van der Waals surface area contributed by atoms with Crippen molar-refractivity contribution < 1.29 is 14.4 Å². The van der Waals surface area contributed by atoms with Crippen molar-refractivity contribution in [2.75, 3.05) is 10.2 Å². The molecule has 2 aliphatic carbocycles. The summed E-state index contributed by atoms with van der Waals surface area (Å²) in [6.45, 7) is 1.89. The van der Waals surface area contributed by atoms with Crippen LogP contribution in [0, 0.1) is 30.6 Å². The van der Waals surface area contributed by atoms with Gasteiger partial charge in [-0.05, 0) is 80.0 Å². The second kappa shape index (κ2) is 6.70. The maximum Gasteiger partial charge on any atom is 0.255 e. The summed E-state index contributed by atoms with van der Waals surface area (Å²) in [5, 5.41) is 3.40. The predicted molar refractivity (Wildman–Crippen MR) is 111 cm³/mol. The Bertz CT molecular complexity index is 1000. The molecule has 29 heavy (non-hydrogen) atoms. The lowest BCUT2D eigenvalue weighted by molar-refractivity contribution is -0.123. The van der Waals surface area contributed by atoms with Gasteiger partial charge in [-0.25, -0.2) is 0 Å². The van der Waals surface area contributed by atoms with Gasteiger partial charge in [-0.15, -0.1) is 0 Å². The highest BCUT2D eigenvalue weighted by atomic mass is 35.5. The number of halogens is 1. The van der Waals surface area contributed by atoms with E-state index >= 15 is 0 Å². The Hall–Kier alpha value is -2.66. The van der Waals surface area contributed by atoms with Crippen LogP contribution in [0.3, 0.4) is 0 Å². The summed E-state index contributed by atoms with van der Waals surface area (Å²) < 4.78 is 0. The lowest BCUT2D eigenvalue weighted by atomic mass is 9.81. The van der Waals surface area contributed by atoms with E-state index in [0.717, 1.165) is 24.8 Å². The largest absolute Gasteiger partial charge is 0.322 e. The molecular weight excluding hydrogens is 388 g/mol. The standard InChI is InChI=1S/C23H21ClN2O3/c1-12-2-7-16(24)11-18(12)25-21(27)13-5-8-17(9-6-13)26-22(28)19-14-3-4-15(10-14)20(19)23(26)29/h2,5-9,11,14-15,19-20H,3-4,10H2,1H3,(H,25,27)/t14-,15+,19-,20+. The van der Waals surface area contributed by atoms with Crippen molar-refractivity contribution >= 4 is 40.7 Å². The average Bonchev–Trinajstić information content (AvgIpc) is 3.39. The van der Waals surface area contributed by atoms with Gasteiger partial charge in [-0.1, -0.05) is 17.7 Å². The van der Waals surface area contributed by atoms with E-state index in [-0.39, 0.29) is 29.6 Å². The molecule has 0 unspecified atom stereocenters. The number of hydrogen-bond acceptors (Lipinski definition) is 3. The van der Waals surface area contributed by atoms with Crippen molar-refractivity contribution in [1.82, 2.24) is 0 Å². The third-order valence-electron chi connectivity index (χ3n) is 6.76. The minimum atomic E-state index is -0.268. The molecule has 2 saturated carbocycles. The van der Waals surface area contributed by atoms with Crippen LogP contribution in [0.25, 0.3) is 0 Å². The predicted octanol–water partition coefficient (Wildman–Crippen LogP) is 4.44. The molecule has 1 aliphatic heterocycles. The normalized spacial score (nSPS) is 27.4. The average molecular weight is 409 g/mol. The molecule has 0 spiro atoms. The van der Waals surface area contributed by atoms with Gasteiger partial charge in [-0.2, -0.15) is 0 Å². The van der Waals surface area contributed by atoms with Gasteiger partial charge in [0.1, 0.15) is 0 Å². The summed E-state index contributed by atoms with van der Waals surface area (Å²) in [4.78, 5) is 39.8. The monoisotopic (exact) mass is 408 g/mol. The molecule has 5 rings (SSSR count). The second-order valence-electron chi connectivity index (χ2n) is 8.36. The molecule has 6 heteroatoms. The van der Waals surface area contributed by atoms with E-state index in [1.807, 2.05) is 13.0 Å². The quantitative estimate of drug-likeness (QED) is 0.763. The highest BCUT2D eigenvalue weighted by Gasteiger charge is 2.61. The number of imide groups is 1. The first-order valence-electron chi connectivity index (χ1n) is 9.99. The van der Waals surface area contributed by atoms with Gasteiger partial charge in [0.25, 0.3) is 5.91 Å². The Morgan fingerprint density at radius 3 is 2.24 bits per heavy atom. The molecule has 1 saturated heterocycles. The van der Waals surface area contributed by atoms with Crippen LogP contribution in [0.15, 0.2) is 42.5 Å². The third kappa shape index (κ3) is 2.87.